The van der Waals surface area contributed by atoms with Crippen LogP contribution >= 0.6 is 15.9 Å². The number of aromatic nitrogens is 2. The van der Waals surface area contributed by atoms with Crippen LogP contribution in [0.5, 0.6) is 0 Å². The second-order valence-corrected chi connectivity index (χ2v) is 5.25. The zero-order chi connectivity index (χ0) is 13.0. The Kier molecular flexibility index (Phi) is 5.62. The van der Waals surface area contributed by atoms with Gasteiger partial charge in [0.05, 0.1) is 28.5 Å². The van der Waals surface area contributed by atoms with Crippen molar-refractivity contribution < 1.29 is 4.74 Å². The van der Waals surface area contributed by atoms with Crippen LogP contribution in [0.25, 0.3) is 0 Å². The van der Waals surface area contributed by atoms with Crippen molar-refractivity contribution in [3.63, 3.8) is 0 Å². The molecule has 17 heavy (non-hydrogen) atoms. The molecule has 1 aromatic heterocycles. The summed E-state index contributed by atoms with van der Waals surface area (Å²) in [4.78, 5) is 0. The van der Waals surface area contributed by atoms with Crippen molar-refractivity contribution in [2.75, 3.05) is 13.7 Å². The van der Waals surface area contributed by atoms with Crippen LogP contribution in [0, 0.1) is 0 Å². The van der Waals surface area contributed by atoms with Gasteiger partial charge >= 0.3 is 0 Å². The van der Waals surface area contributed by atoms with Crippen LogP contribution in [0.4, 0.5) is 0 Å². The second-order valence-electron chi connectivity index (χ2n) is 4.39. The molecule has 5 heteroatoms. The molecular formula is C12H22BrN3O. The Morgan fingerprint density at radius 1 is 1.47 bits per heavy atom. The van der Waals surface area contributed by atoms with E-state index in [0.717, 1.165) is 16.7 Å². The van der Waals surface area contributed by atoms with Gasteiger partial charge in [0.25, 0.3) is 0 Å². The van der Waals surface area contributed by atoms with Gasteiger partial charge < -0.3 is 10.1 Å². The lowest BCUT2D eigenvalue weighted by molar-refractivity contribution is 0.0798. The summed E-state index contributed by atoms with van der Waals surface area (Å²) in [5, 5.41) is 7.87. The van der Waals surface area contributed by atoms with Crippen molar-refractivity contribution in [2.24, 2.45) is 0 Å². The number of nitrogens with one attached hydrogen (secondary N) is 1. The highest BCUT2D eigenvalue weighted by atomic mass is 79.9. The summed E-state index contributed by atoms with van der Waals surface area (Å²) in [5.41, 5.74) is 1.15. The summed E-state index contributed by atoms with van der Waals surface area (Å²) in [5.74, 6) is 0. The van der Waals surface area contributed by atoms with Crippen LogP contribution in [0.1, 0.15) is 45.5 Å². The average molecular weight is 304 g/mol. The molecule has 2 unspecified atom stereocenters. The lowest BCUT2D eigenvalue weighted by atomic mass is 10.1. The molecule has 0 saturated heterocycles. The molecule has 0 amide bonds. The minimum Gasteiger partial charge on any atom is -0.380 e. The van der Waals surface area contributed by atoms with Crippen molar-refractivity contribution >= 4 is 15.9 Å². The van der Waals surface area contributed by atoms with E-state index in [-0.39, 0.29) is 12.1 Å². The molecule has 0 aromatic carbocycles. The number of ether oxygens (including phenoxy) is 1. The van der Waals surface area contributed by atoms with Crippen molar-refractivity contribution in [3.05, 3.63) is 16.4 Å². The third-order valence-corrected chi connectivity index (χ3v) is 3.45. The van der Waals surface area contributed by atoms with Crippen molar-refractivity contribution in [1.82, 2.24) is 15.1 Å². The van der Waals surface area contributed by atoms with E-state index in [0.29, 0.717) is 6.04 Å². The van der Waals surface area contributed by atoms with Crippen LogP contribution in [-0.2, 0) is 4.74 Å². The molecule has 1 aromatic rings. The van der Waals surface area contributed by atoms with Crippen LogP contribution in [0.2, 0.25) is 0 Å². The molecule has 98 valence electrons. The van der Waals surface area contributed by atoms with E-state index in [1.165, 1.54) is 0 Å². The summed E-state index contributed by atoms with van der Waals surface area (Å²) >= 11 is 3.57. The maximum Gasteiger partial charge on any atom is 0.0767 e. The first-order chi connectivity index (χ1) is 8.02. The first-order valence-electron chi connectivity index (χ1n) is 6.02. The highest BCUT2D eigenvalue weighted by Crippen LogP contribution is 2.28. The van der Waals surface area contributed by atoms with Gasteiger partial charge in [0.15, 0.2) is 0 Å². The molecule has 2 atom stereocenters. The summed E-state index contributed by atoms with van der Waals surface area (Å²) in [6.45, 7) is 9.32. The van der Waals surface area contributed by atoms with E-state index in [2.05, 4.69) is 54.0 Å². The van der Waals surface area contributed by atoms with Crippen LogP contribution < -0.4 is 5.32 Å². The standard InChI is InChI=1S/C12H22BrN3O/c1-6-14-11(9(4)17-5)12-10(13)7-15-16(12)8(2)3/h7-9,11,14H,6H2,1-5H3. The molecule has 0 spiro atoms. The number of methoxy groups -OCH3 is 1. The summed E-state index contributed by atoms with van der Waals surface area (Å²) in [7, 11) is 1.74. The molecule has 1 heterocycles. The fourth-order valence-corrected chi connectivity index (χ4v) is 2.41. The predicted molar refractivity (Wildman–Crippen MR) is 73.2 cm³/mol. The Morgan fingerprint density at radius 3 is 2.59 bits per heavy atom. The predicted octanol–water partition coefficient (Wildman–Crippen LogP) is 2.91. The third kappa shape index (κ3) is 3.30. The molecular weight excluding hydrogens is 282 g/mol. The summed E-state index contributed by atoms with van der Waals surface area (Å²) in [6.07, 6.45) is 1.95. The maximum atomic E-state index is 5.45. The van der Waals surface area contributed by atoms with Crippen molar-refractivity contribution in [2.45, 2.75) is 45.9 Å². The SMILES string of the molecule is CCNC(c1c(Br)cnn1C(C)C)C(C)OC. The molecule has 0 saturated carbocycles. The van der Waals surface area contributed by atoms with Crippen LogP contribution in [-0.4, -0.2) is 29.5 Å². The number of halogens is 1. The number of rotatable bonds is 6. The normalized spacial score (nSPS) is 15.2. The second kappa shape index (κ2) is 6.52. The molecule has 0 fully saturated rings. The van der Waals surface area contributed by atoms with E-state index in [1.54, 1.807) is 7.11 Å². The molecule has 0 bridgehead atoms. The van der Waals surface area contributed by atoms with Crippen LogP contribution in [0.15, 0.2) is 10.7 Å². The lowest BCUT2D eigenvalue weighted by Crippen LogP contribution is -2.33. The molecule has 0 aliphatic heterocycles. The topological polar surface area (TPSA) is 39.1 Å². The minimum absolute atomic E-state index is 0.0976. The van der Waals surface area contributed by atoms with Crippen LogP contribution in [0.3, 0.4) is 0 Å². The summed E-state index contributed by atoms with van der Waals surface area (Å²) in [6, 6.07) is 0.478. The molecule has 0 aliphatic carbocycles. The zero-order valence-corrected chi connectivity index (χ0v) is 12.8. The number of nitrogens with zero attached hydrogens (tertiary/aromatic N) is 2. The van der Waals surface area contributed by atoms with E-state index in [9.17, 15) is 0 Å². The minimum atomic E-state index is 0.0976. The zero-order valence-electron chi connectivity index (χ0n) is 11.2. The average Bonchev–Trinajstić information content (AvgIpc) is 2.67. The quantitative estimate of drug-likeness (QED) is 0.878. The number of hydrogen-bond donors (Lipinski definition) is 1. The van der Waals surface area contributed by atoms with Gasteiger partial charge in [-0.05, 0) is 43.2 Å². The Hall–Kier alpha value is -0.390. The third-order valence-electron chi connectivity index (χ3n) is 2.84. The van der Waals surface area contributed by atoms with Gasteiger partial charge in [-0.1, -0.05) is 6.92 Å². The van der Waals surface area contributed by atoms with E-state index in [4.69, 9.17) is 4.74 Å². The molecule has 0 radical (unpaired) electrons. The maximum absolute atomic E-state index is 5.45. The number of hydrogen-bond acceptors (Lipinski definition) is 3. The number of likely N-dealkylation sites (N-methyl/N-ethyl adjacent to an activating group) is 1. The first kappa shape index (κ1) is 14.7. The van der Waals surface area contributed by atoms with Crippen molar-refractivity contribution in [3.8, 4) is 0 Å². The van der Waals surface area contributed by atoms with E-state index < -0.39 is 0 Å². The van der Waals surface area contributed by atoms with Crippen molar-refractivity contribution in [1.29, 1.82) is 0 Å². The van der Waals surface area contributed by atoms with Gasteiger partial charge in [-0.2, -0.15) is 5.10 Å². The molecule has 1 rings (SSSR count). The highest BCUT2D eigenvalue weighted by molar-refractivity contribution is 9.10. The fraction of sp³-hybridized carbons (Fsp3) is 0.750. The Balaban J connectivity index is 3.12. The fourth-order valence-electron chi connectivity index (χ4n) is 1.89. The molecule has 1 N–H and O–H groups in total. The Morgan fingerprint density at radius 2 is 2.12 bits per heavy atom. The van der Waals surface area contributed by atoms with E-state index in [1.807, 2.05) is 10.9 Å². The summed E-state index contributed by atoms with van der Waals surface area (Å²) < 4.78 is 8.52. The van der Waals surface area contributed by atoms with Gasteiger partial charge in [-0.3, -0.25) is 4.68 Å². The Bertz CT molecular complexity index is 352. The first-order valence-corrected chi connectivity index (χ1v) is 6.81. The lowest BCUT2D eigenvalue weighted by Gasteiger charge is -2.26. The van der Waals surface area contributed by atoms with Gasteiger partial charge in [-0.25, -0.2) is 0 Å². The smallest absolute Gasteiger partial charge is 0.0767 e. The van der Waals surface area contributed by atoms with E-state index >= 15 is 0 Å². The van der Waals surface area contributed by atoms with Gasteiger partial charge in [0, 0.05) is 13.2 Å². The molecule has 0 aliphatic rings. The largest absolute Gasteiger partial charge is 0.380 e. The van der Waals surface area contributed by atoms with Gasteiger partial charge in [0.1, 0.15) is 0 Å². The highest BCUT2D eigenvalue weighted by Gasteiger charge is 2.25. The van der Waals surface area contributed by atoms with Gasteiger partial charge in [0.2, 0.25) is 0 Å². The van der Waals surface area contributed by atoms with Gasteiger partial charge in [-0.15, -0.1) is 0 Å². The molecule has 4 nitrogen and oxygen atoms in total. The monoisotopic (exact) mass is 303 g/mol. The Labute approximate surface area is 112 Å².